The lowest BCUT2D eigenvalue weighted by Crippen LogP contribution is -2.44. The molecule has 4 heterocycles. The van der Waals surface area contributed by atoms with Gasteiger partial charge >= 0.3 is 12.3 Å². The molecule has 3 aliphatic heterocycles. The van der Waals surface area contributed by atoms with Gasteiger partial charge in [-0.25, -0.2) is 13.3 Å². The van der Waals surface area contributed by atoms with E-state index in [9.17, 15) is 22.2 Å². The topological polar surface area (TPSA) is 72.0 Å². The van der Waals surface area contributed by atoms with Crippen molar-refractivity contribution in [1.29, 1.82) is 0 Å². The molecule has 11 heteroatoms. The first-order valence-electron chi connectivity index (χ1n) is 11.1. The smallest absolute Gasteiger partial charge is 0.425 e. The highest BCUT2D eigenvalue weighted by molar-refractivity contribution is 7.81. The monoisotopic (exact) mass is 487 g/mol. The van der Waals surface area contributed by atoms with Crippen LogP contribution in [0.3, 0.4) is 0 Å². The van der Waals surface area contributed by atoms with Crippen molar-refractivity contribution >= 4 is 22.7 Å². The van der Waals surface area contributed by atoms with E-state index in [4.69, 9.17) is 4.74 Å². The van der Waals surface area contributed by atoms with Crippen LogP contribution >= 0.6 is 0 Å². The molecule has 1 unspecified atom stereocenters. The van der Waals surface area contributed by atoms with Crippen LogP contribution in [0.2, 0.25) is 0 Å². The molecule has 0 bridgehead atoms. The van der Waals surface area contributed by atoms with Gasteiger partial charge in [-0.15, -0.1) is 0 Å². The van der Waals surface area contributed by atoms with Crippen LogP contribution in [0, 0.1) is 5.92 Å². The van der Waals surface area contributed by atoms with E-state index in [1.54, 1.807) is 12.5 Å². The van der Waals surface area contributed by atoms with Gasteiger partial charge in [0.25, 0.3) is 0 Å². The van der Waals surface area contributed by atoms with Crippen molar-refractivity contribution in [3.05, 3.63) is 29.6 Å². The lowest BCUT2D eigenvalue weighted by atomic mass is 9.89. The number of carbonyl (C=O) groups is 1. The lowest BCUT2D eigenvalue weighted by molar-refractivity contribution is -0.200. The molecule has 1 aromatic rings. The quantitative estimate of drug-likeness (QED) is 0.650. The molecule has 1 aromatic heterocycles. The number of hydrogen-bond donors (Lipinski definition) is 0. The minimum Gasteiger partial charge on any atom is -0.488 e. The second kappa shape index (κ2) is 9.61. The van der Waals surface area contributed by atoms with Crippen molar-refractivity contribution in [2.45, 2.75) is 51.0 Å². The Labute approximate surface area is 193 Å². The Bertz CT molecular complexity index is 947. The summed E-state index contributed by atoms with van der Waals surface area (Å²) in [7, 11) is -0.978. The highest BCUT2D eigenvalue weighted by atomic mass is 32.2. The summed E-state index contributed by atoms with van der Waals surface area (Å²) in [6.45, 7) is 2.89. The van der Waals surface area contributed by atoms with Crippen LogP contribution in [0.15, 0.2) is 18.3 Å². The molecular formula is C22H28F3N3O4S. The molecule has 0 spiro atoms. The normalized spacial score (nSPS) is 24.0. The lowest BCUT2D eigenvalue weighted by Gasteiger charge is -2.34. The number of alkyl halides is 3. The zero-order valence-corrected chi connectivity index (χ0v) is 19.5. The first-order chi connectivity index (χ1) is 15.6. The number of fused-ring (bicyclic) bond motifs is 1. The largest absolute Gasteiger partial charge is 0.488 e. The number of halogens is 3. The second-order valence-corrected chi connectivity index (χ2v) is 10.1. The third-order valence-corrected chi connectivity index (χ3v) is 7.63. The van der Waals surface area contributed by atoms with Gasteiger partial charge in [-0.2, -0.15) is 13.2 Å². The van der Waals surface area contributed by atoms with Crippen LogP contribution in [-0.4, -0.2) is 75.3 Å². The first kappa shape index (κ1) is 24.0. The molecule has 0 aliphatic carbocycles. The Hall–Kier alpha value is -2.14. The Morgan fingerprint density at radius 2 is 2.03 bits per heavy atom. The molecule has 4 rings (SSSR count). The fourth-order valence-corrected chi connectivity index (χ4v) is 5.11. The Kier molecular flexibility index (Phi) is 6.99. The molecule has 0 saturated carbocycles. The number of nitrogens with zero attached hydrogens (tertiary/aromatic N) is 3. The number of carbonyl (C=O) groups excluding carboxylic acids is 1. The van der Waals surface area contributed by atoms with Gasteiger partial charge in [0.15, 0.2) is 6.10 Å². The second-order valence-electron chi connectivity index (χ2n) is 8.72. The van der Waals surface area contributed by atoms with Gasteiger partial charge in [-0.3, -0.25) is 4.98 Å². The Morgan fingerprint density at radius 1 is 1.30 bits per heavy atom. The van der Waals surface area contributed by atoms with Crippen LogP contribution in [0.25, 0.3) is 5.57 Å². The number of amides is 1. The number of likely N-dealkylation sites (tertiary alicyclic amines) is 1. The van der Waals surface area contributed by atoms with E-state index < -0.39 is 29.4 Å². The highest BCUT2D eigenvalue weighted by Crippen LogP contribution is 2.36. The van der Waals surface area contributed by atoms with E-state index in [-0.39, 0.29) is 12.0 Å². The molecule has 0 radical (unpaired) electrons. The van der Waals surface area contributed by atoms with E-state index in [1.165, 1.54) is 4.90 Å². The molecule has 0 aromatic carbocycles. The van der Waals surface area contributed by atoms with Gasteiger partial charge in [0.2, 0.25) is 0 Å². The first-order valence-corrected chi connectivity index (χ1v) is 12.6. The van der Waals surface area contributed by atoms with Crippen LogP contribution in [-0.2, 0) is 22.1 Å². The summed E-state index contributed by atoms with van der Waals surface area (Å²) in [5, 5.41) is 0. The predicted octanol–water partition coefficient (Wildman–Crippen LogP) is 3.57. The molecule has 3 atom stereocenters. The number of piperidine rings is 1. The fraction of sp³-hybridized carbons (Fsp3) is 0.636. The standard InChI is InChI=1S/C22H28F3N3O4S/c1-14(22(23,24)25)31-21(29)27-7-3-16(4-8-27)19-12-17-11-18(26-13-20(17)32-19)15-5-9-28(10-6-15)33(2)30/h5,11,13-14,16,19H,3-4,6-10,12H2,1-2H3/t14-,19-,33?/m1/s1. The third kappa shape index (κ3) is 5.51. The summed E-state index contributed by atoms with van der Waals surface area (Å²) in [5.74, 6) is 0.962. The molecule has 7 nitrogen and oxygen atoms in total. The summed E-state index contributed by atoms with van der Waals surface area (Å²) in [5.41, 5.74) is 3.15. The maximum Gasteiger partial charge on any atom is 0.425 e. The minimum absolute atomic E-state index is 0.0392. The van der Waals surface area contributed by atoms with Crippen LogP contribution in [0.5, 0.6) is 5.75 Å². The van der Waals surface area contributed by atoms with Crippen molar-refractivity contribution in [3.8, 4) is 5.75 Å². The van der Waals surface area contributed by atoms with Crippen molar-refractivity contribution < 1.29 is 31.6 Å². The molecule has 0 N–H and O–H groups in total. The Balaban J connectivity index is 1.31. The average molecular weight is 488 g/mol. The van der Waals surface area contributed by atoms with E-state index in [0.29, 0.717) is 32.5 Å². The molecular weight excluding hydrogens is 459 g/mol. The average Bonchev–Trinajstić information content (AvgIpc) is 3.22. The fourth-order valence-electron chi connectivity index (χ4n) is 4.47. The molecule has 1 saturated heterocycles. The van der Waals surface area contributed by atoms with Gasteiger partial charge in [0.1, 0.15) is 11.9 Å². The van der Waals surface area contributed by atoms with E-state index in [0.717, 1.165) is 48.9 Å². The van der Waals surface area contributed by atoms with Crippen molar-refractivity contribution in [2.24, 2.45) is 5.92 Å². The van der Waals surface area contributed by atoms with Gasteiger partial charge in [0, 0.05) is 44.4 Å². The summed E-state index contributed by atoms with van der Waals surface area (Å²) in [4.78, 5) is 17.9. The van der Waals surface area contributed by atoms with Gasteiger partial charge < -0.3 is 14.4 Å². The highest BCUT2D eigenvalue weighted by Gasteiger charge is 2.41. The van der Waals surface area contributed by atoms with Crippen LogP contribution in [0.1, 0.15) is 37.4 Å². The van der Waals surface area contributed by atoms with Gasteiger partial charge in [-0.05, 0) is 43.7 Å². The number of hydrogen-bond acceptors (Lipinski definition) is 5. The number of ether oxygens (including phenoxy) is 2. The SMILES string of the molecule is C[C@@H](OC(=O)N1CCC([C@H]2Cc3cc(C4=CCN(S(C)=O)CC4)ncc3O2)CC1)C(F)(F)F. The number of pyridine rings is 1. The molecule has 1 fully saturated rings. The third-order valence-electron chi connectivity index (χ3n) is 6.57. The maximum absolute atomic E-state index is 12.6. The van der Waals surface area contributed by atoms with E-state index in [2.05, 4.69) is 21.9 Å². The molecule has 182 valence electrons. The predicted molar refractivity (Wildman–Crippen MR) is 117 cm³/mol. The zero-order valence-electron chi connectivity index (χ0n) is 18.6. The summed E-state index contributed by atoms with van der Waals surface area (Å²) >= 11 is 0. The van der Waals surface area contributed by atoms with Crippen molar-refractivity contribution in [3.63, 3.8) is 0 Å². The molecule has 1 amide bonds. The zero-order chi connectivity index (χ0) is 23.8. The van der Waals surface area contributed by atoms with Crippen molar-refractivity contribution in [1.82, 2.24) is 14.2 Å². The van der Waals surface area contributed by atoms with Crippen molar-refractivity contribution in [2.75, 3.05) is 32.4 Å². The molecule has 33 heavy (non-hydrogen) atoms. The number of aromatic nitrogens is 1. The summed E-state index contributed by atoms with van der Waals surface area (Å²) in [6.07, 6.45) is 0.669. The van der Waals surface area contributed by atoms with Crippen LogP contribution < -0.4 is 4.74 Å². The van der Waals surface area contributed by atoms with Gasteiger partial charge in [0.05, 0.1) is 22.9 Å². The van der Waals surface area contributed by atoms with Gasteiger partial charge in [-0.1, -0.05) is 6.08 Å². The summed E-state index contributed by atoms with van der Waals surface area (Å²) < 4.78 is 62.1. The summed E-state index contributed by atoms with van der Waals surface area (Å²) in [6, 6.07) is 2.06. The maximum atomic E-state index is 12.6. The van der Waals surface area contributed by atoms with E-state index in [1.807, 2.05) is 4.31 Å². The minimum atomic E-state index is -4.56. The van der Waals surface area contributed by atoms with Crippen LogP contribution in [0.4, 0.5) is 18.0 Å². The van der Waals surface area contributed by atoms with E-state index >= 15 is 0 Å². The molecule has 3 aliphatic rings. The Morgan fingerprint density at radius 3 is 2.64 bits per heavy atom. The number of rotatable bonds is 4.